The summed E-state index contributed by atoms with van der Waals surface area (Å²) in [6, 6.07) is 18.1. The van der Waals surface area contributed by atoms with Gasteiger partial charge >= 0.3 is 5.97 Å². The number of halogens is 3. The lowest BCUT2D eigenvalue weighted by Crippen LogP contribution is -2.32. The number of esters is 1. The van der Waals surface area contributed by atoms with Gasteiger partial charge in [0.05, 0.1) is 11.6 Å². The molecule has 6 nitrogen and oxygen atoms in total. The van der Waals surface area contributed by atoms with Gasteiger partial charge in [0.2, 0.25) is 11.7 Å². The van der Waals surface area contributed by atoms with E-state index in [9.17, 15) is 23.6 Å². The van der Waals surface area contributed by atoms with Crippen molar-refractivity contribution >= 4 is 52.3 Å². The first kappa shape index (κ1) is 26.5. The zero-order valence-corrected chi connectivity index (χ0v) is 21.0. The summed E-state index contributed by atoms with van der Waals surface area (Å²) in [4.78, 5) is 53.3. The molecular formula is C28H22Cl2FNO5. The molecule has 1 aliphatic rings. The first-order valence-corrected chi connectivity index (χ1v) is 12.5. The summed E-state index contributed by atoms with van der Waals surface area (Å²) in [6.45, 7) is -0.0350. The van der Waals surface area contributed by atoms with Crippen LogP contribution >= 0.6 is 23.2 Å². The average molecular weight is 542 g/mol. The summed E-state index contributed by atoms with van der Waals surface area (Å²) >= 11 is 12.0. The van der Waals surface area contributed by atoms with E-state index in [1.165, 1.54) is 23.1 Å². The van der Waals surface area contributed by atoms with Crippen molar-refractivity contribution in [2.45, 2.75) is 18.9 Å². The molecule has 190 valence electrons. The van der Waals surface area contributed by atoms with Crippen LogP contribution < -0.4 is 4.90 Å². The van der Waals surface area contributed by atoms with Gasteiger partial charge in [-0.2, -0.15) is 0 Å². The first-order valence-electron chi connectivity index (χ1n) is 11.5. The lowest BCUT2D eigenvalue weighted by molar-refractivity contribution is -0.151. The maximum atomic E-state index is 13.2. The Labute approximate surface area is 222 Å². The van der Waals surface area contributed by atoms with Crippen LogP contribution in [0.3, 0.4) is 0 Å². The Morgan fingerprint density at radius 2 is 1.70 bits per heavy atom. The summed E-state index contributed by atoms with van der Waals surface area (Å²) < 4.78 is 18.7. The van der Waals surface area contributed by atoms with Crippen molar-refractivity contribution in [3.05, 3.63) is 100 Å². The minimum Gasteiger partial charge on any atom is -0.454 e. The van der Waals surface area contributed by atoms with E-state index in [1.54, 1.807) is 42.5 Å². The predicted octanol–water partition coefficient (Wildman–Crippen LogP) is 5.49. The van der Waals surface area contributed by atoms with Crippen molar-refractivity contribution in [3.8, 4) is 0 Å². The fourth-order valence-corrected chi connectivity index (χ4v) is 4.52. The maximum Gasteiger partial charge on any atom is 0.312 e. The number of ether oxygens (including phenoxy) is 1. The van der Waals surface area contributed by atoms with E-state index >= 15 is 0 Å². The molecule has 0 aliphatic carbocycles. The molecule has 0 unspecified atom stereocenters. The number of nitrogens with zero attached hydrogens (tertiary/aromatic N) is 1. The van der Waals surface area contributed by atoms with E-state index < -0.39 is 29.6 Å². The summed E-state index contributed by atoms with van der Waals surface area (Å²) in [5, 5.41) is 0.328. The Bertz CT molecular complexity index is 1330. The van der Waals surface area contributed by atoms with Gasteiger partial charge in [0, 0.05) is 47.0 Å². The zero-order chi connectivity index (χ0) is 26.5. The number of rotatable bonds is 9. The number of carbonyl (C=O) groups excluding carboxylic acids is 4. The molecule has 1 heterocycles. The average Bonchev–Trinajstić information content (AvgIpc) is 3.30. The molecule has 4 rings (SSSR count). The molecule has 3 aromatic rings. The first-order chi connectivity index (χ1) is 17.8. The minimum atomic E-state index is -1.18. The van der Waals surface area contributed by atoms with Crippen molar-refractivity contribution in [2.75, 3.05) is 17.3 Å². The maximum absolute atomic E-state index is 13.2. The molecule has 0 N–H and O–H groups in total. The Morgan fingerprint density at radius 1 is 1.00 bits per heavy atom. The lowest BCUT2D eigenvalue weighted by Gasteiger charge is -2.21. The number of hydrogen-bond acceptors (Lipinski definition) is 5. The number of alkyl halides is 1. The molecule has 0 spiro atoms. The third-order valence-corrected chi connectivity index (χ3v) is 6.49. The van der Waals surface area contributed by atoms with E-state index in [2.05, 4.69) is 0 Å². The van der Waals surface area contributed by atoms with Gasteiger partial charge in [-0.1, -0.05) is 41.9 Å². The molecule has 1 saturated heterocycles. The summed E-state index contributed by atoms with van der Waals surface area (Å²) in [5.74, 6) is -3.24. The largest absolute Gasteiger partial charge is 0.454 e. The van der Waals surface area contributed by atoms with E-state index in [0.29, 0.717) is 16.3 Å². The highest BCUT2D eigenvalue weighted by Crippen LogP contribution is 2.32. The molecule has 2 atom stereocenters. The van der Waals surface area contributed by atoms with Gasteiger partial charge in [0.1, 0.15) is 5.82 Å². The quantitative estimate of drug-likeness (QED) is 0.203. The summed E-state index contributed by atoms with van der Waals surface area (Å²) in [6.07, 6.45) is -1.27. The van der Waals surface area contributed by atoms with Crippen LogP contribution in [0, 0.1) is 11.7 Å². The molecular weight excluding hydrogens is 520 g/mol. The van der Waals surface area contributed by atoms with Crippen LogP contribution in [-0.2, 0) is 14.3 Å². The highest BCUT2D eigenvalue weighted by molar-refractivity contribution is 6.31. The standard InChI is InChI=1S/C28H22Cl2FNO5/c29-13-12-24(27(35)18-6-9-21(31)10-7-18)37-28(36)19-14-25(33)32(16-19)23-11-8-20(30)15-22(23)26(34)17-4-2-1-3-5-17/h1-11,15,19,24H,12-14,16H2/t19-,24-/m0/s1. The third kappa shape index (κ3) is 6.06. The number of ketones is 2. The molecule has 37 heavy (non-hydrogen) atoms. The number of anilines is 1. The number of Topliss-reactive ketones (excluding diaryl/α,β-unsaturated/α-hetero) is 1. The summed E-state index contributed by atoms with van der Waals surface area (Å²) in [5.41, 5.74) is 1.17. The van der Waals surface area contributed by atoms with Gasteiger partial charge in [-0.05, 0) is 42.5 Å². The Balaban J connectivity index is 1.53. The van der Waals surface area contributed by atoms with Gasteiger partial charge in [0.25, 0.3) is 0 Å². The van der Waals surface area contributed by atoms with Crippen LogP contribution in [0.4, 0.5) is 10.1 Å². The number of benzene rings is 3. The predicted molar refractivity (Wildman–Crippen MR) is 138 cm³/mol. The Kier molecular flexibility index (Phi) is 8.36. The van der Waals surface area contributed by atoms with Crippen molar-refractivity contribution in [1.82, 2.24) is 0 Å². The van der Waals surface area contributed by atoms with Crippen LogP contribution in [0.1, 0.15) is 39.1 Å². The second kappa shape index (κ2) is 11.7. The molecule has 0 bridgehead atoms. The zero-order valence-electron chi connectivity index (χ0n) is 19.5. The van der Waals surface area contributed by atoms with E-state index in [4.69, 9.17) is 27.9 Å². The van der Waals surface area contributed by atoms with Crippen molar-refractivity contribution in [1.29, 1.82) is 0 Å². The number of hydrogen-bond donors (Lipinski definition) is 0. The fourth-order valence-electron chi connectivity index (χ4n) is 4.15. The van der Waals surface area contributed by atoms with Crippen molar-refractivity contribution < 1.29 is 28.3 Å². The topological polar surface area (TPSA) is 80.8 Å². The van der Waals surface area contributed by atoms with Gasteiger partial charge in [-0.3, -0.25) is 19.2 Å². The second-order valence-electron chi connectivity index (χ2n) is 8.54. The van der Waals surface area contributed by atoms with Crippen molar-refractivity contribution in [3.63, 3.8) is 0 Å². The molecule has 0 aromatic heterocycles. The van der Waals surface area contributed by atoms with Crippen LogP contribution in [0.15, 0.2) is 72.8 Å². The lowest BCUT2D eigenvalue weighted by atomic mass is 10.0. The Hall–Kier alpha value is -3.55. The van der Waals surface area contributed by atoms with Crippen LogP contribution in [0.5, 0.6) is 0 Å². The molecule has 3 aromatic carbocycles. The highest BCUT2D eigenvalue weighted by Gasteiger charge is 2.39. The highest BCUT2D eigenvalue weighted by atomic mass is 35.5. The van der Waals surface area contributed by atoms with Gasteiger partial charge in [-0.25, -0.2) is 4.39 Å². The number of carbonyl (C=O) groups is 4. The molecule has 0 saturated carbocycles. The monoisotopic (exact) mass is 541 g/mol. The smallest absolute Gasteiger partial charge is 0.312 e. The minimum absolute atomic E-state index is 0.0350. The van der Waals surface area contributed by atoms with Gasteiger partial charge in [0.15, 0.2) is 11.9 Å². The fraction of sp³-hybridized carbons (Fsp3) is 0.214. The Morgan fingerprint density at radius 3 is 2.38 bits per heavy atom. The molecule has 9 heteroatoms. The molecule has 1 aliphatic heterocycles. The van der Waals surface area contributed by atoms with Crippen LogP contribution in [-0.4, -0.2) is 42.0 Å². The number of amides is 1. The van der Waals surface area contributed by atoms with Crippen LogP contribution in [0.2, 0.25) is 5.02 Å². The van der Waals surface area contributed by atoms with Crippen molar-refractivity contribution in [2.24, 2.45) is 5.92 Å². The summed E-state index contributed by atoms with van der Waals surface area (Å²) in [7, 11) is 0. The van der Waals surface area contributed by atoms with E-state index in [1.807, 2.05) is 0 Å². The van der Waals surface area contributed by atoms with Gasteiger partial charge < -0.3 is 9.64 Å². The van der Waals surface area contributed by atoms with Crippen LogP contribution in [0.25, 0.3) is 0 Å². The van der Waals surface area contributed by atoms with E-state index in [0.717, 1.165) is 12.1 Å². The molecule has 1 fully saturated rings. The third-order valence-electron chi connectivity index (χ3n) is 6.04. The van der Waals surface area contributed by atoms with Gasteiger partial charge in [-0.15, -0.1) is 11.6 Å². The normalized spacial score (nSPS) is 15.9. The van der Waals surface area contributed by atoms with E-state index in [-0.39, 0.29) is 48.1 Å². The molecule has 1 amide bonds. The second-order valence-corrected chi connectivity index (χ2v) is 9.35. The molecule has 0 radical (unpaired) electrons. The SMILES string of the molecule is O=C(c1ccccc1)c1cc(Cl)ccc1N1C[C@@H](C(=O)O[C@@H](CCCl)C(=O)c2ccc(F)cc2)CC1=O.